The molecule has 1 aliphatic heterocycles. The Kier molecular flexibility index (Phi) is 3.14. The molecule has 0 bridgehead atoms. The molecule has 6 heteroatoms. The molecular weight excluding hydrogens is 282 g/mol. The van der Waals surface area contributed by atoms with E-state index in [-0.39, 0.29) is 12.0 Å². The minimum Gasteiger partial charge on any atom is -0.393 e. The first-order valence-electron chi connectivity index (χ1n) is 7.87. The van der Waals surface area contributed by atoms with Crippen molar-refractivity contribution in [1.82, 2.24) is 15.0 Å². The molecule has 0 unspecified atom stereocenters. The number of piperidine rings is 1. The summed E-state index contributed by atoms with van der Waals surface area (Å²) >= 11 is 0. The Bertz CT molecular complexity index is 728. The number of hydrogen-bond donors (Lipinski definition) is 1. The molecule has 0 atom stereocenters. The minimum atomic E-state index is -0.291. The highest BCUT2D eigenvalue weighted by Crippen LogP contribution is 2.40. The van der Waals surface area contributed by atoms with Crippen molar-refractivity contribution in [2.24, 2.45) is 0 Å². The number of aliphatic hydroxyl groups is 1. The highest BCUT2D eigenvalue weighted by Gasteiger charge is 2.30. The molecule has 0 aromatic carbocycles. The summed E-state index contributed by atoms with van der Waals surface area (Å²) in [4.78, 5) is 19.2. The standard InChI is InChI=1S/C16H19N3O3/c1-9-14-12(16(21)19-6-4-11(20)5-7-19)8-13(10-2-3-10)17-15(14)22-18-9/h8,10-11,20H,2-7H2,1H3. The van der Waals surface area contributed by atoms with Crippen molar-refractivity contribution in [3.8, 4) is 0 Å². The number of aryl methyl sites for hydroxylation is 1. The van der Waals surface area contributed by atoms with Crippen molar-refractivity contribution in [2.75, 3.05) is 13.1 Å². The average molecular weight is 301 g/mol. The van der Waals surface area contributed by atoms with E-state index < -0.39 is 0 Å². The Morgan fingerprint density at radius 3 is 2.73 bits per heavy atom. The predicted molar refractivity (Wildman–Crippen MR) is 79.7 cm³/mol. The number of likely N-dealkylation sites (tertiary alicyclic amines) is 1. The smallest absolute Gasteiger partial charge is 0.259 e. The quantitative estimate of drug-likeness (QED) is 0.918. The van der Waals surface area contributed by atoms with Crippen LogP contribution in [0.5, 0.6) is 0 Å². The maximum absolute atomic E-state index is 12.9. The lowest BCUT2D eigenvalue weighted by molar-refractivity contribution is 0.0548. The zero-order valence-electron chi connectivity index (χ0n) is 12.6. The largest absolute Gasteiger partial charge is 0.393 e. The van der Waals surface area contributed by atoms with Crippen LogP contribution in [0.4, 0.5) is 0 Å². The third-order valence-electron chi connectivity index (χ3n) is 4.61. The van der Waals surface area contributed by atoms with Gasteiger partial charge >= 0.3 is 0 Å². The lowest BCUT2D eigenvalue weighted by Crippen LogP contribution is -2.40. The van der Waals surface area contributed by atoms with E-state index in [0.29, 0.717) is 48.8 Å². The highest BCUT2D eigenvalue weighted by atomic mass is 16.5. The van der Waals surface area contributed by atoms with Crippen LogP contribution < -0.4 is 0 Å². The number of nitrogens with zero attached hydrogens (tertiary/aromatic N) is 3. The van der Waals surface area contributed by atoms with E-state index in [4.69, 9.17) is 4.52 Å². The van der Waals surface area contributed by atoms with Gasteiger partial charge in [0.05, 0.1) is 22.7 Å². The fraction of sp³-hybridized carbons (Fsp3) is 0.562. The van der Waals surface area contributed by atoms with Crippen LogP contribution in [0, 0.1) is 6.92 Å². The third-order valence-corrected chi connectivity index (χ3v) is 4.61. The monoisotopic (exact) mass is 301 g/mol. The molecule has 2 aliphatic rings. The van der Waals surface area contributed by atoms with E-state index in [1.807, 2.05) is 17.9 Å². The number of rotatable bonds is 2. The molecule has 2 fully saturated rings. The second kappa shape index (κ2) is 5.05. The summed E-state index contributed by atoms with van der Waals surface area (Å²) in [5, 5.41) is 14.3. The number of hydrogen-bond acceptors (Lipinski definition) is 5. The van der Waals surface area contributed by atoms with Crippen molar-refractivity contribution in [3.63, 3.8) is 0 Å². The van der Waals surface area contributed by atoms with E-state index in [1.165, 1.54) is 0 Å². The Hall–Kier alpha value is -1.95. The van der Waals surface area contributed by atoms with Crippen molar-refractivity contribution < 1.29 is 14.4 Å². The first-order valence-corrected chi connectivity index (χ1v) is 7.87. The van der Waals surface area contributed by atoms with Gasteiger partial charge in [0.25, 0.3) is 11.6 Å². The molecule has 6 nitrogen and oxygen atoms in total. The van der Waals surface area contributed by atoms with Gasteiger partial charge in [-0.05, 0) is 38.7 Å². The van der Waals surface area contributed by atoms with Crippen LogP contribution in [0.15, 0.2) is 10.6 Å². The normalized spacial score (nSPS) is 19.8. The van der Waals surface area contributed by atoms with Crippen LogP contribution in [0.1, 0.15) is 53.3 Å². The Labute approximate surface area is 128 Å². The van der Waals surface area contributed by atoms with E-state index >= 15 is 0 Å². The van der Waals surface area contributed by atoms with Crippen LogP contribution in [0.25, 0.3) is 11.1 Å². The van der Waals surface area contributed by atoms with Gasteiger partial charge in [-0.2, -0.15) is 0 Å². The van der Waals surface area contributed by atoms with E-state index in [9.17, 15) is 9.90 Å². The lowest BCUT2D eigenvalue weighted by Gasteiger charge is -2.29. The summed E-state index contributed by atoms with van der Waals surface area (Å²) in [5.74, 6) is 0.442. The van der Waals surface area contributed by atoms with Gasteiger partial charge in [-0.1, -0.05) is 5.16 Å². The molecule has 1 saturated carbocycles. The Morgan fingerprint density at radius 2 is 2.05 bits per heavy atom. The predicted octanol–water partition coefficient (Wildman–Crippen LogP) is 2.01. The van der Waals surface area contributed by atoms with Gasteiger partial charge in [0, 0.05) is 24.7 Å². The van der Waals surface area contributed by atoms with E-state index in [0.717, 1.165) is 23.9 Å². The zero-order valence-corrected chi connectivity index (χ0v) is 12.6. The number of fused-ring (bicyclic) bond motifs is 1. The van der Waals surface area contributed by atoms with Gasteiger partial charge in [0.2, 0.25) is 0 Å². The fourth-order valence-corrected chi connectivity index (χ4v) is 3.11. The third kappa shape index (κ3) is 2.27. The number of carbonyl (C=O) groups excluding carboxylic acids is 1. The highest BCUT2D eigenvalue weighted by molar-refractivity contribution is 6.06. The Balaban J connectivity index is 1.75. The van der Waals surface area contributed by atoms with Gasteiger partial charge in [-0.25, -0.2) is 4.98 Å². The first-order chi connectivity index (χ1) is 10.6. The zero-order chi connectivity index (χ0) is 15.3. The summed E-state index contributed by atoms with van der Waals surface area (Å²) in [7, 11) is 0. The van der Waals surface area contributed by atoms with Gasteiger partial charge in [-0.3, -0.25) is 4.79 Å². The van der Waals surface area contributed by atoms with Gasteiger partial charge in [0.1, 0.15) is 0 Å². The van der Waals surface area contributed by atoms with Crippen LogP contribution in [-0.2, 0) is 0 Å². The molecule has 1 N–H and O–H groups in total. The molecule has 1 saturated heterocycles. The number of aliphatic hydroxyl groups excluding tert-OH is 1. The molecule has 2 aromatic rings. The maximum atomic E-state index is 12.9. The van der Waals surface area contributed by atoms with Crippen molar-refractivity contribution in [1.29, 1.82) is 0 Å². The molecule has 0 spiro atoms. The van der Waals surface area contributed by atoms with E-state index in [1.54, 1.807) is 0 Å². The summed E-state index contributed by atoms with van der Waals surface area (Å²) in [6.07, 6.45) is 3.22. The maximum Gasteiger partial charge on any atom is 0.259 e. The first kappa shape index (κ1) is 13.7. The van der Waals surface area contributed by atoms with Gasteiger partial charge in [0.15, 0.2) is 0 Å². The molecule has 0 radical (unpaired) electrons. The summed E-state index contributed by atoms with van der Waals surface area (Å²) in [6, 6.07) is 1.91. The number of amides is 1. The second-order valence-electron chi connectivity index (χ2n) is 6.34. The average Bonchev–Trinajstić information content (AvgIpc) is 3.31. The molecule has 3 heterocycles. The van der Waals surface area contributed by atoms with Crippen LogP contribution >= 0.6 is 0 Å². The molecular formula is C16H19N3O3. The molecule has 22 heavy (non-hydrogen) atoms. The molecule has 1 amide bonds. The number of aromatic nitrogens is 2. The van der Waals surface area contributed by atoms with E-state index in [2.05, 4.69) is 10.1 Å². The molecule has 2 aromatic heterocycles. The number of carbonyl (C=O) groups is 1. The summed E-state index contributed by atoms with van der Waals surface area (Å²) < 4.78 is 5.29. The van der Waals surface area contributed by atoms with Crippen LogP contribution in [-0.4, -0.2) is 45.2 Å². The van der Waals surface area contributed by atoms with Gasteiger partial charge in [-0.15, -0.1) is 0 Å². The second-order valence-corrected chi connectivity index (χ2v) is 6.34. The van der Waals surface area contributed by atoms with Crippen LogP contribution in [0.2, 0.25) is 0 Å². The topological polar surface area (TPSA) is 79.5 Å². The molecule has 116 valence electrons. The van der Waals surface area contributed by atoms with Crippen molar-refractivity contribution in [2.45, 2.75) is 44.6 Å². The SMILES string of the molecule is Cc1noc2nc(C3CC3)cc(C(=O)N3CCC(O)CC3)c12. The fourth-order valence-electron chi connectivity index (χ4n) is 3.11. The molecule has 1 aliphatic carbocycles. The number of pyridine rings is 1. The van der Waals surface area contributed by atoms with Crippen molar-refractivity contribution in [3.05, 3.63) is 23.0 Å². The summed E-state index contributed by atoms with van der Waals surface area (Å²) in [5.41, 5.74) is 2.73. The Morgan fingerprint density at radius 1 is 1.32 bits per heavy atom. The summed E-state index contributed by atoms with van der Waals surface area (Å²) in [6.45, 7) is 3.01. The van der Waals surface area contributed by atoms with Crippen molar-refractivity contribution >= 4 is 17.0 Å². The van der Waals surface area contributed by atoms with Crippen LogP contribution in [0.3, 0.4) is 0 Å². The lowest BCUT2D eigenvalue weighted by atomic mass is 10.0. The minimum absolute atomic E-state index is 0.00694. The molecule has 4 rings (SSSR count). The van der Waals surface area contributed by atoms with Gasteiger partial charge < -0.3 is 14.5 Å².